The van der Waals surface area contributed by atoms with Crippen LogP contribution in [0.25, 0.3) is 0 Å². The number of halogens is 6. The summed E-state index contributed by atoms with van der Waals surface area (Å²) in [6.07, 6.45) is -9.62. The van der Waals surface area contributed by atoms with Crippen molar-refractivity contribution < 1.29 is 45.8 Å². The molecule has 33 heavy (non-hydrogen) atoms. The molecule has 1 aromatic carbocycles. The number of carboxylic acids is 1. The minimum Gasteiger partial charge on any atom is -0.483 e. The van der Waals surface area contributed by atoms with E-state index in [9.17, 15) is 31.1 Å². The minimum atomic E-state index is -5.08. The number of amidine groups is 1. The average molecular weight is 483 g/mol. The normalized spacial score (nSPS) is 21.1. The van der Waals surface area contributed by atoms with Gasteiger partial charge in [-0.05, 0) is 26.0 Å². The summed E-state index contributed by atoms with van der Waals surface area (Å²) in [4.78, 5) is 22.5. The first-order valence-corrected chi connectivity index (χ1v) is 9.45. The third-order valence-corrected chi connectivity index (χ3v) is 5.07. The number of ether oxygens (including phenoxy) is 1. The molecule has 3 heterocycles. The summed E-state index contributed by atoms with van der Waals surface area (Å²) in [6.45, 7) is 4.63. The maximum absolute atomic E-state index is 13.6. The van der Waals surface area contributed by atoms with E-state index in [1.54, 1.807) is 11.8 Å². The molecule has 182 valence electrons. The predicted molar refractivity (Wildman–Crippen MR) is 103 cm³/mol. The first kappa shape index (κ1) is 24.4. The van der Waals surface area contributed by atoms with E-state index in [1.807, 2.05) is 6.92 Å². The Bertz CT molecular complexity index is 990. The summed E-state index contributed by atoms with van der Waals surface area (Å²) in [6, 6.07) is 1.78. The monoisotopic (exact) mass is 483 g/mol. The summed E-state index contributed by atoms with van der Waals surface area (Å²) >= 11 is 0. The van der Waals surface area contributed by atoms with Crippen LogP contribution in [0.4, 0.5) is 37.7 Å². The molecule has 0 spiro atoms. The number of anilines is 2. The van der Waals surface area contributed by atoms with Crippen molar-refractivity contribution in [2.24, 2.45) is 5.10 Å². The molecule has 9 nitrogen and oxygen atoms in total. The van der Waals surface area contributed by atoms with E-state index in [0.717, 1.165) is 6.07 Å². The van der Waals surface area contributed by atoms with Crippen LogP contribution in [0.5, 0.6) is 5.75 Å². The number of rotatable bonds is 2. The number of hydrogen-bond donors (Lipinski definition) is 4. The van der Waals surface area contributed by atoms with Crippen LogP contribution in [-0.2, 0) is 15.8 Å². The Morgan fingerprint density at radius 3 is 2.36 bits per heavy atom. The van der Waals surface area contributed by atoms with Crippen molar-refractivity contribution in [2.75, 3.05) is 29.9 Å². The van der Waals surface area contributed by atoms with Gasteiger partial charge < -0.3 is 25.4 Å². The zero-order valence-electron chi connectivity index (χ0n) is 17.2. The van der Waals surface area contributed by atoms with Crippen LogP contribution in [0.15, 0.2) is 17.2 Å². The Morgan fingerprint density at radius 1 is 1.27 bits per heavy atom. The van der Waals surface area contributed by atoms with Gasteiger partial charge in [0, 0.05) is 18.8 Å². The van der Waals surface area contributed by atoms with Gasteiger partial charge >= 0.3 is 18.3 Å². The lowest BCUT2D eigenvalue weighted by Gasteiger charge is -2.42. The van der Waals surface area contributed by atoms with E-state index < -0.39 is 35.5 Å². The van der Waals surface area contributed by atoms with Crippen molar-refractivity contribution in [1.82, 2.24) is 10.7 Å². The molecule has 0 bridgehead atoms. The molecule has 1 amide bonds. The van der Waals surface area contributed by atoms with E-state index in [4.69, 9.17) is 14.6 Å². The highest BCUT2D eigenvalue weighted by atomic mass is 19.4. The Morgan fingerprint density at radius 2 is 1.88 bits per heavy atom. The van der Waals surface area contributed by atoms with Crippen molar-refractivity contribution in [3.63, 3.8) is 0 Å². The topological polar surface area (TPSA) is 115 Å². The molecule has 1 aromatic rings. The van der Waals surface area contributed by atoms with Crippen molar-refractivity contribution >= 4 is 29.1 Å². The fourth-order valence-corrected chi connectivity index (χ4v) is 3.32. The molecule has 0 unspecified atom stereocenters. The lowest BCUT2D eigenvalue weighted by atomic mass is 9.94. The van der Waals surface area contributed by atoms with E-state index in [-0.39, 0.29) is 24.0 Å². The van der Waals surface area contributed by atoms with Gasteiger partial charge in [0.15, 0.2) is 5.84 Å². The quantitative estimate of drug-likeness (QED) is 0.477. The lowest BCUT2D eigenvalue weighted by Crippen LogP contribution is -2.62. The van der Waals surface area contributed by atoms with Gasteiger partial charge in [-0.25, -0.2) is 10.2 Å². The third kappa shape index (κ3) is 5.07. The van der Waals surface area contributed by atoms with Gasteiger partial charge in [0.2, 0.25) is 0 Å². The SMILES string of the molecule is C[C@@H]1C(=O)NN=C2COc3cc(C(F)(F)F)c(NC4(C)CNC4)cc3N21.O=C(O)C(F)(F)F. The molecular formula is C18H19F6N5O4. The Balaban J connectivity index is 0.000000383. The summed E-state index contributed by atoms with van der Waals surface area (Å²) < 4.78 is 77.9. The number of alkyl halides is 6. The molecule has 4 N–H and O–H groups in total. The number of nitrogens with zero attached hydrogens (tertiary/aromatic N) is 2. The number of fused-ring (bicyclic) bond motifs is 3. The van der Waals surface area contributed by atoms with Gasteiger partial charge in [-0.3, -0.25) is 4.79 Å². The molecule has 15 heteroatoms. The zero-order chi connectivity index (χ0) is 24.8. The summed E-state index contributed by atoms with van der Waals surface area (Å²) in [5.74, 6) is -2.55. The van der Waals surface area contributed by atoms with Gasteiger partial charge in [0.25, 0.3) is 5.91 Å². The Hall–Kier alpha value is -3.23. The highest BCUT2D eigenvalue weighted by Crippen LogP contribution is 2.45. The molecular weight excluding hydrogens is 464 g/mol. The van der Waals surface area contributed by atoms with E-state index in [0.29, 0.717) is 24.6 Å². The number of carbonyl (C=O) groups is 2. The highest BCUT2D eigenvalue weighted by molar-refractivity contribution is 6.09. The molecule has 0 radical (unpaired) electrons. The number of aliphatic carboxylic acids is 1. The molecule has 0 aliphatic carbocycles. The summed E-state index contributed by atoms with van der Waals surface area (Å²) in [5, 5.41) is 17.1. The first-order chi connectivity index (χ1) is 15.1. The molecule has 0 saturated carbocycles. The van der Waals surface area contributed by atoms with Gasteiger partial charge in [0.1, 0.15) is 18.4 Å². The number of hydrazone groups is 1. The highest BCUT2D eigenvalue weighted by Gasteiger charge is 2.42. The largest absolute Gasteiger partial charge is 0.490 e. The molecule has 1 atom stereocenters. The maximum atomic E-state index is 13.6. The van der Waals surface area contributed by atoms with Gasteiger partial charge in [-0.1, -0.05) is 0 Å². The molecule has 1 fully saturated rings. The van der Waals surface area contributed by atoms with Crippen LogP contribution in [0.2, 0.25) is 0 Å². The van der Waals surface area contributed by atoms with Crippen LogP contribution in [0.1, 0.15) is 19.4 Å². The standard InChI is InChI=1S/C16H18F3N5O2.C2HF3O2/c1-8-14(25)23-22-13-5-26-12-3-9(16(17,18)19)10(4-11(12)24(8)13)21-15(2)6-20-7-15;3-2(4,5)1(6)7/h3-4,8,20-21H,5-7H2,1-2H3,(H,23,25);(H,6,7)/t8-;/m1./s1. The van der Waals surface area contributed by atoms with Crippen molar-refractivity contribution in [3.8, 4) is 5.75 Å². The second-order valence-corrected chi connectivity index (χ2v) is 7.79. The molecule has 1 saturated heterocycles. The van der Waals surface area contributed by atoms with E-state index in [1.165, 1.54) is 6.07 Å². The summed E-state index contributed by atoms with van der Waals surface area (Å²) in [5.41, 5.74) is 1.49. The van der Waals surface area contributed by atoms with Crippen LogP contribution in [0.3, 0.4) is 0 Å². The Labute approximate surface area is 182 Å². The van der Waals surface area contributed by atoms with Crippen LogP contribution < -0.4 is 25.7 Å². The fourth-order valence-electron chi connectivity index (χ4n) is 3.32. The van der Waals surface area contributed by atoms with E-state index >= 15 is 0 Å². The van der Waals surface area contributed by atoms with E-state index in [2.05, 4.69) is 21.2 Å². The number of amides is 1. The number of carbonyl (C=O) groups excluding carboxylic acids is 1. The minimum absolute atomic E-state index is 0.0106. The van der Waals surface area contributed by atoms with Crippen molar-refractivity contribution in [3.05, 3.63) is 17.7 Å². The average Bonchev–Trinajstić information content (AvgIpc) is 2.67. The zero-order valence-corrected chi connectivity index (χ0v) is 17.2. The fraction of sp³-hybridized carbons (Fsp3) is 0.500. The number of hydrogen-bond acceptors (Lipinski definition) is 7. The van der Waals surface area contributed by atoms with Crippen molar-refractivity contribution in [2.45, 2.75) is 37.8 Å². The lowest BCUT2D eigenvalue weighted by molar-refractivity contribution is -0.192. The van der Waals surface area contributed by atoms with Crippen LogP contribution >= 0.6 is 0 Å². The second-order valence-electron chi connectivity index (χ2n) is 7.79. The number of benzene rings is 1. The Kier molecular flexibility index (Phi) is 6.12. The molecule has 3 aliphatic heterocycles. The van der Waals surface area contributed by atoms with Gasteiger partial charge in [-0.2, -0.15) is 31.4 Å². The smallest absolute Gasteiger partial charge is 0.483 e. The molecule has 3 aliphatic rings. The van der Waals surface area contributed by atoms with Crippen LogP contribution in [-0.4, -0.2) is 60.3 Å². The number of nitrogens with one attached hydrogen (secondary N) is 3. The van der Waals surface area contributed by atoms with Crippen molar-refractivity contribution in [1.29, 1.82) is 0 Å². The molecule has 0 aromatic heterocycles. The van der Waals surface area contributed by atoms with Crippen LogP contribution in [0, 0.1) is 0 Å². The van der Waals surface area contributed by atoms with Gasteiger partial charge in [-0.15, -0.1) is 0 Å². The first-order valence-electron chi connectivity index (χ1n) is 9.45. The third-order valence-electron chi connectivity index (χ3n) is 5.07. The second kappa shape index (κ2) is 8.28. The van der Waals surface area contributed by atoms with Gasteiger partial charge in [0.05, 0.1) is 16.8 Å². The number of carboxylic acid groups (broad SMARTS) is 1. The molecule has 4 rings (SSSR count). The maximum Gasteiger partial charge on any atom is 0.490 e. The summed E-state index contributed by atoms with van der Waals surface area (Å²) in [7, 11) is 0. The predicted octanol–water partition coefficient (Wildman–Crippen LogP) is 2.14.